The first-order valence-electron chi connectivity index (χ1n) is 8.00. The highest BCUT2D eigenvalue weighted by molar-refractivity contribution is 5.85. The van der Waals surface area contributed by atoms with E-state index < -0.39 is 0 Å². The molecule has 2 aromatic carbocycles. The Kier molecular flexibility index (Phi) is 3.18. The fourth-order valence-electron chi connectivity index (χ4n) is 3.67. The number of H-pyrrole nitrogens is 1. The van der Waals surface area contributed by atoms with Crippen molar-refractivity contribution in [3.05, 3.63) is 64.3 Å². The van der Waals surface area contributed by atoms with Crippen molar-refractivity contribution in [3.63, 3.8) is 0 Å². The minimum Gasteiger partial charge on any atom is -0.496 e. The summed E-state index contributed by atoms with van der Waals surface area (Å²) >= 11 is 0. The van der Waals surface area contributed by atoms with Crippen LogP contribution in [0.4, 0.5) is 0 Å². The van der Waals surface area contributed by atoms with E-state index in [1.807, 2.05) is 0 Å². The summed E-state index contributed by atoms with van der Waals surface area (Å²) in [6.45, 7) is 2.10. The van der Waals surface area contributed by atoms with Gasteiger partial charge in [0.2, 0.25) is 0 Å². The molecule has 0 fully saturated rings. The molecule has 22 heavy (non-hydrogen) atoms. The Hall–Kier alpha value is -2.22. The molecule has 2 nitrogen and oxygen atoms in total. The van der Waals surface area contributed by atoms with Crippen LogP contribution in [0.15, 0.2) is 36.5 Å². The van der Waals surface area contributed by atoms with E-state index >= 15 is 0 Å². The van der Waals surface area contributed by atoms with Crippen LogP contribution in [-0.2, 0) is 19.3 Å². The Morgan fingerprint density at radius 3 is 2.68 bits per heavy atom. The van der Waals surface area contributed by atoms with E-state index in [0.29, 0.717) is 0 Å². The van der Waals surface area contributed by atoms with Gasteiger partial charge in [0.05, 0.1) is 7.11 Å². The zero-order valence-electron chi connectivity index (χ0n) is 13.2. The van der Waals surface area contributed by atoms with Gasteiger partial charge in [-0.3, -0.25) is 0 Å². The van der Waals surface area contributed by atoms with Crippen molar-refractivity contribution in [1.82, 2.24) is 4.98 Å². The molecule has 4 rings (SSSR count). The molecule has 1 aromatic heterocycles. The van der Waals surface area contributed by atoms with Gasteiger partial charge in [-0.1, -0.05) is 12.1 Å². The summed E-state index contributed by atoms with van der Waals surface area (Å²) in [5, 5.41) is 1.38. The van der Waals surface area contributed by atoms with Crippen molar-refractivity contribution in [2.24, 2.45) is 0 Å². The maximum Gasteiger partial charge on any atom is 0.121 e. The third kappa shape index (κ3) is 2.19. The highest BCUT2D eigenvalue weighted by Gasteiger charge is 2.14. The second-order valence-electron chi connectivity index (χ2n) is 6.31. The standard InChI is InChI=1S/C20H21NO/c1-13-8-14(6-7-20(13)22-2)9-17-12-21-19-11-16-5-3-4-15(16)10-18(17)19/h6-8,10-12,21H,3-5,9H2,1-2H3. The van der Waals surface area contributed by atoms with E-state index in [4.69, 9.17) is 4.74 Å². The van der Waals surface area contributed by atoms with E-state index in [1.54, 1.807) is 12.7 Å². The summed E-state index contributed by atoms with van der Waals surface area (Å²) in [5.41, 5.74) is 8.26. The number of hydrogen-bond acceptors (Lipinski definition) is 1. The predicted octanol–water partition coefficient (Wildman–Crippen LogP) is 4.56. The Balaban J connectivity index is 1.71. The smallest absolute Gasteiger partial charge is 0.121 e. The Labute approximate surface area is 131 Å². The molecule has 0 bridgehead atoms. The van der Waals surface area contributed by atoms with Crippen LogP contribution in [0.25, 0.3) is 10.9 Å². The number of hydrogen-bond donors (Lipinski definition) is 1. The maximum absolute atomic E-state index is 5.35. The molecule has 0 atom stereocenters. The van der Waals surface area contributed by atoms with Gasteiger partial charge in [0.25, 0.3) is 0 Å². The lowest BCUT2D eigenvalue weighted by molar-refractivity contribution is 0.411. The van der Waals surface area contributed by atoms with Gasteiger partial charge < -0.3 is 9.72 Å². The van der Waals surface area contributed by atoms with Crippen LogP contribution in [0.2, 0.25) is 0 Å². The Morgan fingerprint density at radius 1 is 1.09 bits per heavy atom. The maximum atomic E-state index is 5.35. The number of fused-ring (bicyclic) bond motifs is 2. The van der Waals surface area contributed by atoms with Gasteiger partial charge in [-0.05, 0) is 78.6 Å². The van der Waals surface area contributed by atoms with Gasteiger partial charge in [0.15, 0.2) is 0 Å². The first-order valence-corrected chi connectivity index (χ1v) is 8.00. The second kappa shape index (κ2) is 5.20. The van der Waals surface area contributed by atoms with E-state index in [0.717, 1.165) is 12.2 Å². The van der Waals surface area contributed by atoms with E-state index in [1.165, 1.54) is 52.4 Å². The van der Waals surface area contributed by atoms with E-state index in [-0.39, 0.29) is 0 Å². The Bertz CT molecular complexity index is 844. The minimum absolute atomic E-state index is 0.959. The molecule has 2 heteroatoms. The molecule has 1 N–H and O–H groups in total. The van der Waals surface area contributed by atoms with Gasteiger partial charge in [0, 0.05) is 17.1 Å². The van der Waals surface area contributed by atoms with Gasteiger partial charge >= 0.3 is 0 Å². The monoisotopic (exact) mass is 291 g/mol. The molecule has 0 unspecified atom stereocenters. The number of rotatable bonds is 3. The number of methoxy groups -OCH3 is 1. The van der Waals surface area contributed by atoms with Crippen molar-refractivity contribution in [3.8, 4) is 5.75 Å². The molecular formula is C20H21NO. The lowest BCUT2D eigenvalue weighted by Gasteiger charge is -2.07. The zero-order valence-corrected chi connectivity index (χ0v) is 13.2. The molecule has 1 aliphatic rings. The number of benzene rings is 2. The normalized spacial score (nSPS) is 13.5. The number of ether oxygens (including phenoxy) is 1. The lowest BCUT2D eigenvalue weighted by Crippen LogP contribution is -1.92. The fraction of sp³-hybridized carbons (Fsp3) is 0.300. The highest BCUT2D eigenvalue weighted by atomic mass is 16.5. The summed E-state index contributed by atoms with van der Waals surface area (Å²) in [5.74, 6) is 0.959. The summed E-state index contributed by atoms with van der Waals surface area (Å²) in [6, 6.07) is 11.2. The number of aromatic nitrogens is 1. The van der Waals surface area contributed by atoms with Crippen molar-refractivity contribution in [2.75, 3.05) is 7.11 Å². The number of aromatic amines is 1. The van der Waals surface area contributed by atoms with E-state index in [2.05, 4.69) is 48.4 Å². The second-order valence-corrected chi connectivity index (χ2v) is 6.31. The summed E-state index contributed by atoms with van der Waals surface area (Å²) in [6.07, 6.45) is 6.90. The van der Waals surface area contributed by atoms with Gasteiger partial charge in [-0.25, -0.2) is 0 Å². The van der Waals surface area contributed by atoms with Crippen LogP contribution in [0.5, 0.6) is 5.75 Å². The van der Waals surface area contributed by atoms with Crippen molar-refractivity contribution in [1.29, 1.82) is 0 Å². The number of aryl methyl sites for hydroxylation is 3. The van der Waals surface area contributed by atoms with Crippen LogP contribution in [0.1, 0.15) is 34.2 Å². The van der Waals surface area contributed by atoms with Crippen LogP contribution in [0.3, 0.4) is 0 Å². The molecule has 1 heterocycles. The Morgan fingerprint density at radius 2 is 1.91 bits per heavy atom. The molecule has 0 saturated heterocycles. The first kappa shape index (κ1) is 13.4. The summed E-state index contributed by atoms with van der Waals surface area (Å²) < 4.78 is 5.35. The summed E-state index contributed by atoms with van der Waals surface area (Å²) in [4.78, 5) is 3.45. The third-order valence-corrected chi connectivity index (χ3v) is 4.83. The third-order valence-electron chi connectivity index (χ3n) is 4.83. The molecule has 0 spiro atoms. The van der Waals surface area contributed by atoms with Gasteiger partial charge in [0.1, 0.15) is 5.75 Å². The van der Waals surface area contributed by atoms with Gasteiger partial charge in [-0.2, -0.15) is 0 Å². The SMILES string of the molecule is COc1ccc(Cc2c[nH]c3cc4c(cc23)CCC4)cc1C. The molecular weight excluding hydrogens is 270 g/mol. The minimum atomic E-state index is 0.959. The van der Waals surface area contributed by atoms with Gasteiger partial charge in [-0.15, -0.1) is 0 Å². The summed E-state index contributed by atoms with van der Waals surface area (Å²) in [7, 11) is 1.72. The van der Waals surface area contributed by atoms with Crippen molar-refractivity contribution in [2.45, 2.75) is 32.6 Å². The predicted molar refractivity (Wildman–Crippen MR) is 90.9 cm³/mol. The van der Waals surface area contributed by atoms with Crippen LogP contribution >= 0.6 is 0 Å². The molecule has 1 aliphatic carbocycles. The van der Waals surface area contributed by atoms with Crippen molar-refractivity contribution < 1.29 is 4.74 Å². The molecule has 0 aliphatic heterocycles. The highest BCUT2D eigenvalue weighted by Crippen LogP contribution is 2.30. The number of nitrogens with one attached hydrogen (secondary N) is 1. The molecule has 0 saturated carbocycles. The quantitative estimate of drug-likeness (QED) is 0.751. The fourth-order valence-corrected chi connectivity index (χ4v) is 3.67. The molecule has 112 valence electrons. The van der Waals surface area contributed by atoms with Crippen LogP contribution < -0.4 is 4.74 Å². The average molecular weight is 291 g/mol. The largest absolute Gasteiger partial charge is 0.496 e. The van der Waals surface area contributed by atoms with Crippen LogP contribution in [0, 0.1) is 6.92 Å². The first-order chi connectivity index (χ1) is 10.7. The molecule has 0 radical (unpaired) electrons. The van der Waals surface area contributed by atoms with Crippen LogP contribution in [-0.4, -0.2) is 12.1 Å². The topological polar surface area (TPSA) is 25.0 Å². The lowest BCUT2D eigenvalue weighted by atomic mass is 10.00. The molecule has 0 amide bonds. The average Bonchev–Trinajstić information content (AvgIpc) is 3.12. The van der Waals surface area contributed by atoms with Crippen molar-refractivity contribution >= 4 is 10.9 Å². The van der Waals surface area contributed by atoms with E-state index in [9.17, 15) is 0 Å². The zero-order chi connectivity index (χ0) is 15.1. The molecule has 3 aromatic rings.